The molecule has 0 N–H and O–H groups in total. The van der Waals surface area contributed by atoms with Crippen LogP contribution in [-0.2, 0) is 14.0 Å². The lowest BCUT2D eigenvalue weighted by Crippen LogP contribution is -2.43. The Kier molecular flexibility index (Phi) is 3.89. The molecule has 0 aromatic heterocycles. The van der Waals surface area contributed by atoms with Crippen LogP contribution in [-0.4, -0.2) is 27.5 Å². The van der Waals surface area contributed by atoms with Crippen molar-refractivity contribution in [1.82, 2.24) is 0 Å². The van der Waals surface area contributed by atoms with E-state index < -0.39 is 8.32 Å². The second-order valence-electron chi connectivity index (χ2n) is 6.45. The van der Waals surface area contributed by atoms with E-state index in [-0.39, 0.29) is 16.4 Å². The van der Waals surface area contributed by atoms with Crippen LogP contribution in [0.1, 0.15) is 27.2 Å². The van der Waals surface area contributed by atoms with Gasteiger partial charge in [-0.15, -0.1) is 6.58 Å². The maximum Gasteiger partial charge on any atom is 0.306 e. The van der Waals surface area contributed by atoms with E-state index in [2.05, 4.69) is 40.4 Å². The molecular formula is C13H24O3Si. The molecule has 1 fully saturated rings. The molecule has 0 saturated carbocycles. The van der Waals surface area contributed by atoms with E-state index >= 15 is 0 Å². The molecule has 0 aromatic rings. The maximum absolute atomic E-state index is 11.2. The van der Waals surface area contributed by atoms with Crippen molar-refractivity contribution in [3.05, 3.63) is 12.7 Å². The van der Waals surface area contributed by atoms with E-state index in [4.69, 9.17) is 9.16 Å². The van der Waals surface area contributed by atoms with E-state index in [1.54, 1.807) is 0 Å². The van der Waals surface area contributed by atoms with Crippen LogP contribution in [0.5, 0.6) is 0 Å². The standard InChI is InChI=1S/C13H24O3Si/c1-7-13(8-11(14)15-9-13)10-16-17(5,6)12(2,3)4/h7H,1,8-10H2,2-6H3. The van der Waals surface area contributed by atoms with E-state index in [0.717, 1.165) is 0 Å². The molecule has 17 heavy (non-hydrogen) atoms. The monoisotopic (exact) mass is 256 g/mol. The van der Waals surface area contributed by atoms with Gasteiger partial charge in [-0.25, -0.2) is 0 Å². The van der Waals surface area contributed by atoms with Crippen molar-refractivity contribution in [2.24, 2.45) is 5.41 Å². The minimum atomic E-state index is -1.77. The number of rotatable bonds is 4. The highest BCUT2D eigenvalue weighted by Gasteiger charge is 2.43. The Morgan fingerprint density at radius 1 is 1.53 bits per heavy atom. The molecule has 1 unspecified atom stereocenters. The quantitative estimate of drug-likeness (QED) is 0.440. The van der Waals surface area contributed by atoms with Crippen LogP contribution in [0.3, 0.4) is 0 Å². The first-order valence-corrected chi connectivity index (χ1v) is 8.96. The number of ether oxygens (including phenoxy) is 1. The fourth-order valence-corrected chi connectivity index (χ4v) is 2.52. The first kappa shape index (κ1) is 14.4. The van der Waals surface area contributed by atoms with Crippen LogP contribution in [0.2, 0.25) is 18.1 Å². The van der Waals surface area contributed by atoms with Crippen LogP contribution in [0.4, 0.5) is 0 Å². The lowest BCUT2D eigenvalue weighted by molar-refractivity contribution is -0.137. The summed E-state index contributed by atoms with van der Waals surface area (Å²) in [5.74, 6) is -0.149. The minimum absolute atomic E-state index is 0.149. The van der Waals surface area contributed by atoms with Crippen molar-refractivity contribution in [1.29, 1.82) is 0 Å². The first-order chi connectivity index (χ1) is 7.62. The number of carbonyl (C=O) groups excluding carboxylic acids is 1. The second-order valence-corrected chi connectivity index (χ2v) is 11.3. The number of esters is 1. The molecule has 1 atom stereocenters. The Morgan fingerprint density at radius 3 is 2.47 bits per heavy atom. The number of hydrogen-bond donors (Lipinski definition) is 0. The zero-order valence-electron chi connectivity index (χ0n) is 11.6. The van der Waals surface area contributed by atoms with Gasteiger partial charge in [-0.2, -0.15) is 0 Å². The van der Waals surface area contributed by atoms with Gasteiger partial charge >= 0.3 is 5.97 Å². The van der Waals surface area contributed by atoms with Gasteiger partial charge in [-0.05, 0) is 18.1 Å². The lowest BCUT2D eigenvalue weighted by atomic mass is 9.89. The van der Waals surface area contributed by atoms with Crippen molar-refractivity contribution >= 4 is 14.3 Å². The summed E-state index contributed by atoms with van der Waals surface area (Å²) >= 11 is 0. The molecule has 0 bridgehead atoms. The average molecular weight is 256 g/mol. The third-order valence-corrected chi connectivity index (χ3v) is 8.46. The van der Waals surface area contributed by atoms with E-state index in [1.165, 1.54) is 0 Å². The van der Waals surface area contributed by atoms with E-state index in [9.17, 15) is 4.79 Å². The predicted octanol–water partition coefficient (Wildman–Crippen LogP) is 3.13. The van der Waals surface area contributed by atoms with Crippen molar-refractivity contribution < 1.29 is 14.0 Å². The molecule has 1 rings (SSSR count). The number of hydrogen-bond acceptors (Lipinski definition) is 3. The highest BCUT2D eigenvalue weighted by atomic mass is 28.4. The van der Waals surface area contributed by atoms with Gasteiger partial charge in [0.25, 0.3) is 0 Å². The molecule has 1 aliphatic heterocycles. The van der Waals surface area contributed by atoms with Gasteiger partial charge in [0.05, 0.1) is 11.8 Å². The average Bonchev–Trinajstić information content (AvgIpc) is 2.57. The zero-order chi connectivity index (χ0) is 13.3. The highest BCUT2D eigenvalue weighted by Crippen LogP contribution is 2.39. The van der Waals surface area contributed by atoms with E-state index in [0.29, 0.717) is 19.6 Å². The molecule has 0 amide bonds. The summed E-state index contributed by atoms with van der Waals surface area (Å²) in [6.07, 6.45) is 2.20. The van der Waals surface area contributed by atoms with E-state index in [1.807, 2.05) is 6.08 Å². The smallest absolute Gasteiger partial charge is 0.306 e. The first-order valence-electron chi connectivity index (χ1n) is 6.05. The van der Waals surface area contributed by atoms with Gasteiger partial charge in [-0.1, -0.05) is 26.8 Å². The molecular weight excluding hydrogens is 232 g/mol. The summed E-state index contributed by atoms with van der Waals surface area (Å²) in [5.41, 5.74) is -0.313. The fraction of sp³-hybridized carbons (Fsp3) is 0.769. The Hall–Kier alpha value is -0.613. The molecule has 0 aliphatic carbocycles. The Morgan fingerprint density at radius 2 is 2.12 bits per heavy atom. The largest absolute Gasteiger partial charge is 0.465 e. The van der Waals surface area contributed by atoms with Crippen LogP contribution in [0, 0.1) is 5.41 Å². The third kappa shape index (κ3) is 3.19. The predicted molar refractivity (Wildman–Crippen MR) is 71.4 cm³/mol. The van der Waals surface area contributed by atoms with Crippen molar-refractivity contribution in [2.75, 3.05) is 13.2 Å². The normalized spacial score (nSPS) is 25.8. The van der Waals surface area contributed by atoms with Crippen molar-refractivity contribution in [2.45, 2.75) is 45.3 Å². The number of carbonyl (C=O) groups is 1. The molecule has 0 aromatic carbocycles. The fourth-order valence-electron chi connectivity index (χ4n) is 1.44. The lowest BCUT2D eigenvalue weighted by Gasteiger charge is -2.38. The molecule has 3 nitrogen and oxygen atoms in total. The summed E-state index contributed by atoms with van der Waals surface area (Å²) in [7, 11) is -1.77. The van der Waals surface area contributed by atoms with Crippen LogP contribution >= 0.6 is 0 Å². The molecule has 1 heterocycles. The van der Waals surface area contributed by atoms with Gasteiger partial charge in [-0.3, -0.25) is 4.79 Å². The summed E-state index contributed by atoms with van der Waals surface area (Å²) < 4.78 is 11.2. The van der Waals surface area contributed by atoms with Crippen LogP contribution in [0.15, 0.2) is 12.7 Å². The molecule has 0 radical (unpaired) electrons. The van der Waals surface area contributed by atoms with Crippen LogP contribution in [0.25, 0.3) is 0 Å². The minimum Gasteiger partial charge on any atom is -0.465 e. The van der Waals surface area contributed by atoms with Gasteiger partial charge in [0.1, 0.15) is 6.61 Å². The third-order valence-electron chi connectivity index (χ3n) is 3.98. The Labute approximate surface area is 105 Å². The second kappa shape index (κ2) is 4.57. The Bertz CT molecular complexity index is 317. The molecule has 4 heteroatoms. The van der Waals surface area contributed by atoms with Crippen molar-refractivity contribution in [3.63, 3.8) is 0 Å². The van der Waals surface area contributed by atoms with Gasteiger partial charge < -0.3 is 9.16 Å². The summed E-state index contributed by atoms with van der Waals surface area (Å²) in [5, 5.41) is 0.179. The maximum atomic E-state index is 11.2. The van der Waals surface area contributed by atoms with Gasteiger partial charge in [0.2, 0.25) is 0 Å². The van der Waals surface area contributed by atoms with Crippen LogP contribution < -0.4 is 0 Å². The van der Waals surface area contributed by atoms with Gasteiger partial charge in [0, 0.05) is 6.61 Å². The topological polar surface area (TPSA) is 35.5 Å². The zero-order valence-corrected chi connectivity index (χ0v) is 12.6. The summed E-state index contributed by atoms with van der Waals surface area (Å²) in [4.78, 5) is 11.2. The SMILES string of the molecule is C=CC1(CO[Si](C)(C)C(C)(C)C)COC(=O)C1. The number of cyclic esters (lactones) is 1. The Balaban J connectivity index is 2.66. The molecule has 1 saturated heterocycles. The summed E-state index contributed by atoms with van der Waals surface area (Å²) in [6, 6.07) is 0. The highest BCUT2D eigenvalue weighted by molar-refractivity contribution is 6.74. The van der Waals surface area contributed by atoms with Gasteiger partial charge in [0.15, 0.2) is 8.32 Å². The molecule has 0 spiro atoms. The van der Waals surface area contributed by atoms with Crippen molar-refractivity contribution in [3.8, 4) is 0 Å². The summed E-state index contributed by atoms with van der Waals surface area (Å²) in [6.45, 7) is 15.8. The molecule has 1 aliphatic rings. The molecule has 98 valence electrons.